The molecule has 0 radical (unpaired) electrons. The van der Waals surface area contributed by atoms with E-state index in [0.29, 0.717) is 25.0 Å². The SMILES string of the molecule is C=Cc1c(/C=C\C)n(Cc2cc(CNC3COC3)cnc2OC)c2c(NCCCC)nc(N)nc12.CC.CC. The number of anilines is 2. The van der Waals surface area contributed by atoms with Gasteiger partial charge in [0.2, 0.25) is 11.8 Å². The Morgan fingerprint density at radius 2 is 1.97 bits per heavy atom. The van der Waals surface area contributed by atoms with Gasteiger partial charge in [0, 0.05) is 30.4 Å². The van der Waals surface area contributed by atoms with Gasteiger partial charge in [0.15, 0.2) is 5.82 Å². The van der Waals surface area contributed by atoms with Gasteiger partial charge in [-0.25, -0.2) is 9.97 Å². The molecule has 9 heteroatoms. The summed E-state index contributed by atoms with van der Waals surface area (Å²) in [4.78, 5) is 13.7. The highest BCUT2D eigenvalue weighted by molar-refractivity contribution is 5.97. The molecule has 39 heavy (non-hydrogen) atoms. The molecule has 0 atom stereocenters. The Kier molecular flexibility index (Phi) is 13.5. The van der Waals surface area contributed by atoms with E-state index in [0.717, 1.165) is 71.8 Å². The highest BCUT2D eigenvalue weighted by Gasteiger charge is 2.22. The number of hydrogen-bond donors (Lipinski definition) is 3. The molecule has 0 spiro atoms. The summed E-state index contributed by atoms with van der Waals surface area (Å²) >= 11 is 0. The Morgan fingerprint density at radius 3 is 2.56 bits per heavy atom. The van der Waals surface area contributed by atoms with Crippen LogP contribution in [0.5, 0.6) is 5.88 Å². The summed E-state index contributed by atoms with van der Waals surface area (Å²) in [5.41, 5.74) is 11.7. The lowest BCUT2D eigenvalue weighted by Gasteiger charge is -2.27. The number of hydrogen-bond acceptors (Lipinski definition) is 8. The first-order valence-electron chi connectivity index (χ1n) is 14.1. The second-order valence-corrected chi connectivity index (χ2v) is 8.62. The fourth-order valence-electron chi connectivity index (χ4n) is 4.24. The normalized spacial score (nSPS) is 12.8. The van der Waals surface area contributed by atoms with Crippen molar-refractivity contribution in [1.29, 1.82) is 0 Å². The Balaban J connectivity index is 0.00000127. The van der Waals surface area contributed by atoms with E-state index in [4.69, 9.17) is 15.2 Å². The predicted octanol–water partition coefficient (Wildman–Crippen LogP) is 5.89. The largest absolute Gasteiger partial charge is 0.481 e. The summed E-state index contributed by atoms with van der Waals surface area (Å²) in [5, 5.41) is 6.97. The highest BCUT2D eigenvalue weighted by Crippen LogP contribution is 2.33. The maximum atomic E-state index is 6.11. The number of aromatic nitrogens is 4. The predicted molar refractivity (Wildman–Crippen MR) is 164 cm³/mol. The fraction of sp³-hybridized carbons (Fsp3) is 0.500. The molecule has 0 saturated carbocycles. The van der Waals surface area contributed by atoms with Gasteiger partial charge in [-0.2, -0.15) is 4.98 Å². The molecule has 4 rings (SSSR count). The van der Waals surface area contributed by atoms with Gasteiger partial charge in [0.25, 0.3) is 0 Å². The number of rotatable bonds is 12. The summed E-state index contributed by atoms with van der Waals surface area (Å²) in [6.45, 7) is 19.7. The summed E-state index contributed by atoms with van der Waals surface area (Å²) in [6.07, 6.45) is 9.86. The van der Waals surface area contributed by atoms with Crippen LogP contribution in [0.15, 0.2) is 24.9 Å². The first kappa shape index (κ1) is 31.8. The van der Waals surface area contributed by atoms with E-state index in [1.54, 1.807) is 7.11 Å². The van der Waals surface area contributed by atoms with Crippen molar-refractivity contribution in [2.24, 2.45) is 0 Å². The van der Waals surface area contributed by atoms with E-state index >= 15 is 0 Å². The van der Waals surface area contributed by atoms with E-state index in [2.05, 4.69) is 55.8 Å². The molecule has 1 aliphatic heterocycles. The van der Waals surface area contributed by atoms with Gasteiger partial charge in [0.1, 0.15) is 11.0 Å². The van der Waals surface area contributed by atoms with Crippen LogP contribution in [0.3, 0.4) is 0 Å². The van der Waals surface area contributed by atoms with Gasteiger partial charge in [-0.1, -0.05) is 59.8 Å². The molecule has 1 fully saturated rings. The first-order chi connectivity index (χ1) is 19.1. The number of methoxy groups -OCH3 is 1. The zero-order valence-electron chi connectivity index (χ0n) is 24.8. The molecule has 214 valence electrons. The molecule has 1 saturated heterocycles. The Labute approximate surface area is 233 Å². The van der Waals surface area contributed by atoms with Crippen molar-refractivity contribution in [3.8, 4) is 5.88 Å². The maximum Gasteiger partial charge on any atom is 0.222 e. The highest BCUT2D eigenvalue weighted by atomic mass is 16.5. The summed E-state index contributed by atoms with van der Waals surface area (Å²) < 4.78 is 13.1. The van der Waals surface area contributed by atoms with E-state index in [1.807, 2.05) is 53.0 Å². The van der Waals surface area contributed by atoms with Gasteiger partial charge in [-0.05, 0) is 31.1 Å². The molecule has 1 aliphatic rings. The van der Waals surface area contributed by atoms with Crippen molar-refractivity contribution in [2.75, 3.05) is 37.9 Å². The molecule has 0 aliphatic carbocycles. The smallest absolute Gasteiger partial charge is 0.222 e. The third kappa shape index (κ3) is 7.80. The fourth-order valence-corrected chi connectivity index (χ4v) is 4.24. The average Bonchev–Trinajstić information content (AvgIpc) is 3.22. The zero-order chi connectivity index (χ0) is 28.8. The van der Waals surface area contributed by atoms with Crippen LogP contribution >= 0.6 is 0 Å². The number of unbranched alkanes of at least 4 members (excludes halogenated alkanes) is 1. The van der Waals surface area contributed by atoms with Crippen LogP contribution in [0.4, 0.5) is 11.8 Å². The number of nitrogens with one attached hydrogen (secondary N) is 2. The first-order valence-corrected chi connectivity index (χ1v) is 14.1. The van der Waals surface area contributed by atoms with Crippen molar-refractivity contribution < 1.29 is 9.47 Å². The number of pyridine rings is 1. The third-order valence-electron chi connectivity index (χ3n) is 6.08. The van der Waals surface area contributed by atoms with Gasteiger partial charge in [0.05, 0.1) is 38.6 Å². The average molecular weight is 538 g/mol. The Morgan fingerprint density at radius 1 is 1.23 bits per heavy atom. The lowest BCUT2D eigenvalue weighted by atomic mass is 10.1. The van der Waals surface area contributed by atoms with Gasteiger partial charge in [-0.15, -0.1) is 0 Å². The lowest BCUT2D eigenvalue weighted by Crippen LogP contribution is -2.45. The van der Waals surface area contributed by atoms with E-state index in [-0.39, 0.29) is 5.95 Å². The van der Waals surface area contributed by atoms with Crippen LogP contribution in [0, 0.1) is 0 Å². The van der Waals surface area contributed by atoms with Crippen molar-refractivity contribution in [3.63, 3.8) is 0 Å². The van der Waals surface area contributed by atoms with E-state index < -0.39 is 0 Å². The van der Waals surface area contributed by atoms with Crippen LogP contribution in [0.25, 0.3) is 23.2 Å². The molecular weight excluding hydrogens is 490 g/mol. The number of allylic oxidation sites excluding steroid dienone is 1. The van der Waals surface area contributed by atoms with Gasteiger partial charge < -0.3 is 30.4 Å². The number of nitrogens with zero attached hydrogens (tertiary/aromatic N) is 4. The minimum atomic E-state index is 0.232. The van der Waals surface area contributed by atoms with Crippen LogP contribution < -0.4 is 21.1 Å². The molecule has 0 unspecified atom stereocenters. The topological polar surface area (TPSA) is 112 Å². The molecule has 0 bridgehead atoms. The van der Waals surface area contributed by atoms with Crippen molar-refractivity contribution >= 4 is 35.0 Å². The minimum Gasteiger partial charge on any atom is -0.481 e. The molecule has 3 aromatic rings. The minimum absolute atomic E-state index is 0.232. The zero-order valence-corrected chi connectivity index (χ0v) is 24.8. The molecule has 9 nitrogen and oxygen atoms in total. The monoisotopic (exact) mass is 537 g/mol. The standard InChI is InChI=1S/C26H35N7O2.2C2H6/c1-5-8-10-28-24-23-22(31-26(27)32-24)20(7-3)21(9-6-2)33(23)14-18-11-17(13-30-25(18)34-4)12-29-19-15-35-16-19;2*1-2/h6-7,9,11,13,19,29H,3,5,8,10,12,14-16H2,1-2,4H3,(H3,27,28,31,32);2*1-2H3/b9-6-;;. The molecule has 0 amide bonds. The molecule has 4 heterocycles. The summed E-state index contributed by atoms with van der Waals surface area (Å²) in [5.74, 6) is 1.54. The quantitative estimate of drug-likeness (QED) is 0.245. The van der Waals surface area contributed by atoms with Gasteiger partial charge >= 0.3 is 0 Å². The molecular formula is C30H47N7O2. The number of ether oxygens (including phenoxy) is 2. The van der Waals surface area contributed by atoms with Crippen LogP contribution in [0.2, 0.25) is 0 Å². The van der Waals surface area contributed by atoms with Crippen LogP contribution in [-0.4, -0.2) is 52.4 Å². The Hall–Kier alpha value is -3.43. The van der Waals surface area contributed by atoms with E-state index in [1.165, 1.54) is 0 Å². The van der Waals surface area contributed by atoms with Crippen molar-refractivity contribution in [3.05, 3.63) is 47.3 Å². The number of fused-ring (bicyclic) bond motifs is 1. The second kappa shape index (κ2) is 16.5. The molecule has 0 aromatic carbocycles. The maximum absolute atomic E-state index is 6.11. The van der Waals surface area contributed by atoms with Crippen LogP contribution in [0.1, 0.15) is 76.8 Å². The van der Waals surface area contributed by atoms with Crippen LogP contribution in [-0.2, 0) is 17.8 Å². The number of nitrogen functional groups attached to an aromatic ring is 1. The third-order valence-corrected chi connectivity index (χ3v) is 6.08. The summed E-state index contributed by atoms with van der Waals surface area (Å²) in [7, 11) is 1.65. The lowest BCUT2D eigenvalue weighted by molar-refractivity contribution is -0.00579. The van der Waals surface area contributed by atoms with Crippen molar-refractivity contribution in [1.82, 2.24) is 24.8 Å². The number of nitrogens with two attached hydrogens (primary N) is 1. The van der Waals surface area contributed by atoms with Crippen molar-refractivity contribution in [2.45, 2.75) is 73.5 Å². The Bertz CT molecular complexity index is 1220. The van der Waals surface area contributed by atoms with Gasteiger partial charge in [-0.3, -0.25) is 0 Å². The molecule has 4 N–H and O–H groups in total. The van der Waals surface area contributed by atoms with E-state index in [9.17, 15) is 0 Å². The molecule has 3 aromatic heterocycles. The second-order valence-electron chi connectivity index (χ2n) is 8.62. The summed E-state index contributed by atoms with van der Waals surface area (Å²) in [6, 6.07) is 2.53.